The topological polar surface area (TPSA) is 26.0 Å². The van der Waals surface area contributed by atoms with Crippen molar-refractivity contribution >= 4 is 12.4 Å². The van der Waals surface area contributed by atoms with Crippen LogP contribution in [0.25, 0.3) is 0 Å². The van der Waals surface area contributed by atoms with Crippen molar-refractivity contribution in [2.24, 2.45) is 5.73 Å². The molecule has 0 aliphatic carbocycles. The molecule has 1 atom stereocenters. The molecule has 0 aromatic heterocycles. The summed E-state index contributed by atoms with van der Waals surface area (Å²) in [7, 11) is 0. The number of nitrogens with two attached hydrogens (primary N) is 1. The van der Waals surface area contributed by atoms with E-state index in [0.29, 0.717) is 6.07 Å². The van der Waals surface area contributed by atoms with Gasteiger partial charge in [0.2, 0.25) is 0 Å². The van der Waals surface area contributed by atoms with Crippen LogP contribution in [0.2, 0.25) is 0 Å². The molecule has 1 aromatic rings. The van der Waals surface area contributed by atoms with Crippen molar-refractivity contribution in [1.82, 2.24) is 0 Å². The Hall–Kier alpha value is -1.02. The quantitative estimate of drug-likeness (QED) is 0.824. The highest BCUT2D eigenvalue weighted by atomic mass is 35.5. The average Bonchev–Trinajstić information content (AvgIpc) is 2.24. The largest absolute Gasteiger partial charge is 0.455 e. The SMILES string of the molecule is Cc1ccc([C@@H](N)C(F)(F)C(F)(F)F)c(F)c1F.Cl. The summed E-state index contributed by atoms with van der Waals surface area (Å²) in [6.45, 7) is 1.13. The van der Waals surface area contributed by atoms with Crippen molar-refractivity contribution in [3.8, 4) is 0 Å². The monoisotopic (exact) mass is 311 g/mol. The minimum Gasteiger partial charge on any atom is -0.319 e. The summed E-state index contributed by atoms with van der Waals surface area (Å²) >= 11 is 0. The molecule has 0 bridgehead atoms. The van der Waals surface area contributed by atoms with E-state index in [4.69, 9.17) is 5.73 Å². The summed E-state index contributed by atoms with van der Waals surface area (Å²) in [6.07, 6.45) is -5.94. The Bertz CT molecular complexity index is 458. The summed E-state index contributed by atoms with van der Waals surface area (Å²) < 4.78 is 88.2. The summed E-state index contributed by atoms with van der Waals surface area (Å²) in [6, 6.07) is -1.52. The fraction of sp³-hybridized carbons (Fsp3) is 0.400. The minimum atomic E-state index is -5.94. The van der Waals surface area contributed by atoms with Crippen LogP contribution < -0.4 is 5.73 Å². The highest BCUT2D eigenvalue weighted by molar-refractivity contribution is 5.85. The Kier molecular flexibility index (Phi) is 5.24. The molecule has 0 fully saturated rings. The first kappa shape index (κ1) is 18.0. The normalized spacial score (nSPS) is 13.9. The zero-order chi connectivity index (χ0) is 14.3. The van der Waals surface area contributed by atoms with Crippen LogP contribution in [-0.4, -0.2) is 12.1 Å². The van der Waals surface area contributed by atoms with Crippen LogP contribution in [0.15, 0.2) is 12.1 Å². The summed E-state index contributed by atoms with van der Waals surface area (Å²) in [5.41, 5.74) is 3.26. The van der Waals surface area contributed by atoms with Gasteiger partial charge in [0.25, 0.3) is 0 Å². The average molecular weight is 312 g/mol. The number of benzene rings is 1. The fourth-order valence-electron chi connectivity index (χ4n) is 1.27. The molecule has 2 N–H and O–H groups in total. The molecule has 0 heterocycles. The third kappa shape index (κ3) is 3.11. The van der Waals surface area contributed by atoms with Crippen LogP contribution in [0.3, 0.4) is 0 Å². The molecule has 1 aromatic carbocycles. The number of halogens is 8. The fourth-order valence-corrected chi connectivity index (χ4v) is 1.27. The number of hydrogen-bond donors (Lipinski definition) is 1. The second kappa shape index (κ2) is 5.54. The Balaban J connectivity index is 0.00000324. The van der Waals surface area contributed by atoms with E-state index in [1.54, 1.807) is 0 Å². The van der Waals surface area contributed by atoms with Crippen molar-refractivity contribution in [2.45, 2.75) is 25.1 Å². The summed E-state index contributed by atoms with van der Waals surface area (Å²) in [5, 5.41) is 0. The molecular formula is C10H9ClF7N. The predicted octanol–water partition coefficient (Wildman–Crippen LogP) is 3.89. The van der Waals surface area contributed by atoms with Gasteiger partial charge in [-0.1, -0.05) is 12.1 Å². The Morgan fingerprint density at radius 1 is 1.00 bits per heavy atom. The Labute approximate surface area is 110 Å². The van der Waals surface area contributed by atoms with E-state index >= 15 is 0 Å². The van der Waals surface area contributed by atoms with Gasteiger partial charge in [-0.2, -0.15) is 22.0 Å². The van der Waals surface area contributed by atoms with Gasteiger partial charge in [0.15, 0.2) is 11.6 Å². The van der Waals surface area contributed by atoms with Gasteiger partial charge >= 0.3 is 12.1 Å². The number of aryl methyl sites for hydroxylation is 1. The maximum absolute atomic E-state index is 13.3. The van der Waals surface area contributed by atoms with Crippen LogP contribution in [0.4, 0.5) is 30.7 Å². The van der Waals surface area contributed by atoms with E-state index in [2.05, 4.69) is 0 Å². The first-order valence-corrected chi connectivity index (χ1v) is 4.64. The molecule has 0 spiro atoms. The van der Waals surface area contributed by atoms with Gasteiger partial charge < -0.3 is 5.73 Å². The molecule has 1 rings (SSSR count). The molecule has 0 saturated heterocycles. The highest BCUT2D eigenvalue weighted by Gasteiger charge is 2.62. The van der Waals surface area contributed by atoms with Crippen LogP contribution in [-0.2, 0) is 0 Å². The van der Waals surface area contributed by atoms with E-state index in [0.717, 1.165) is 13.0 Å². The van der Waals surface area contributed by atoms with Gasteiger partial charge in [-0.05, 0) is 12.5 Å². The molecule has 0 aliphatic rings. The van der Waals surface area contributed by atoms with Crippen molar-refractivity contribution in [1.29, 1.82) is 0 Å². The second-order valence-corrected chi connectivity index (χ2v) is 3.70. The van der Waals surface area contributed by atoms with Gasteiger partial charge in [0, 0.05) is 5.56 Å². The molecule has 1 nitrogen and oxygen atoms in total. The van der Waals surface area contributed by atoms with E-state index in [9.17, 15) is 30.7 Å². The number of rotatable bonds is 2. The Morgan fingerprint density at radius 3 is 1.89 bits per heavy atom. The molecule has 110 valence electrons. The molecule has 0 amide bonds. The lowest BCUT2D eigenvalue weighted by Gasteiger charge is -2.26. The Morgan fingerprint density at radius 2 is 1.47 bits per heavy atom. The van der Waals surface area contributed by atoms with Gasteiger partial charge in [-0.3, -0.25) is 0 Å². The second-order valence-electron chi connectivity index (χ2n) is 3.70. The standard InChI is InChI=1S/C10H8F7N.ClH/c1-4-2-3-5(7(12)6(4)11)8(18)9(13,14)10(15,16)17;/h2-3,8H,18H2,1H3;1H/t8-;/m1./s1. The minimum absolute atomic E-state index is 0. The maximum Gasteiger partial charge on any atom is 0.455 e. The molecule has 0 aliphatic heterocycles. The third-order valence-electron chi connectivity index (χ3n) is 2.41. The van der Waals surface area contributed by atoms with Gasteiger partial charge in [0.1, 0.15) is 6.04 Å². The summed E-state index contributed by atoms with van der Waals surface area (Å²) in [4.78, 5) is 0. The first-order chi connectivity index (χ1) is 8.00. The maximum atomic E-state index is 13.3. The van der Waals surface area contributed by atoms with Crippen molar-refractivity contribution in [3.63, 3.8) is 0 Å². The molecule has 0 saturated carbocycles. The van der Waals surface area contributed by atoms with Crippen molar-refractivity contribution in [2.75, 3.05) is 0 Å². The van der Waals surface area contributed by atoms with E-state index in [1.807, 2.05) is 0 Å². The molecule has 0 unspecified atom stereocenters. The number of hydrogen-bond acceptors (Lipinski definition) is 1. The molecule has 9 heteroatoms. The van der Waals surface area contributed by atoms with Crippen molar-refractivity contribution in [3.05, 3.63) is 34.9 Å². The first-order valence-electron chi connectivity index (χ1n) is 4.64. The zero-order valence-corrected chi connectivity index (χ0v) is 10.2. The lowest BCUT2D eigenvalue weighted by molar-refractivity contribution is -0.291. The van der Waals surface area contributed by atoms with Gasteiger partial charge in [-0.15, -0.1) is 12.4 Å². The molecule has 0 radical (unpaired) electrons. The third-order valence-corrected chi connectivity index (χ3v) is 2.41. The van der Waals surface area contributed by atoms with Crippen LogP contribution in [0.5, 0.6) is 0 Å². The van der Waals surface area contributed by atoms with Crippen molar-refractivity contribution < 1.29 is 30.7 Å². The van der Waals surface area contributed by atoms with E-state index in [-0.39, 0.29) is 18.0 Å². The molecular weight excluding hydrogens is 303 g/mol. The van der Waals surface area contributed by atoms with Crippen LogP contribution >= 0.6 is 12.4 Å². The smallest absolute Gasteiger partial charge is 0.319 e. The summed E-state index contributed by atoms with van der Waals surface area (Å²) in [5.74, 6) is -8.65. The lowest BCUT2D eigenvalue weighted by atomic mass is 9.99. The lowest BCUT2D eigenvalue weighted by Crippen LogP contribution is -2.46. The zero-order valence-electron chi connectivity index (χ0n) is 9.36. The van der Waals surface area contributed by atoms with E-state index in [1.165, 1.54) is 0 Å². The highest BCUT2D eigenvalue weighted by Crippen LogP contribution is 2.44. The van der Waals surface area contributed by atoms with Gasteiger partial charge in [-0.25, -0.2) is 8.78 Å². The van der Waals surface area contributed by atoms with Gasteiger partial charge in [0.05, 0.1) is 0 Å². The van der Waals surface area contributed by atoms with Crippen LogP contribution in [0, 0.1) is 18.6 Å². The predicted molar refractivity (Wildman–Crippen MR) is 56.3 cm³/mol. The number of alkyl halides is 5. The van der Waals surface area contributed by atoms with E-state index < -0.39 is 35.3 Å². The van der Waals surface area contributed by atoms with Crippen LogP contribution in [0.1, 0.15) is 17.2 Å². The molecule has 19 heavy (non-hydrogen) atoms.